The van der Waals surface area contributed by atoms with Crippen molar-refractivity contribution >= 4 is 5.97 Å². The molecule has 3 N–H and O–H groups in total. The van der Waals surface area contributed by atoms with Crippen LogP contribution in [0.25, 0.3) is 0 Å². The number of allylic oxidation sites excluding steroid dienone is 2. The van der Waals surface area contributed by atoms with E-state index in [9.17, 15) is 20.1 Å². The number of hydrogen-bond acceptors (Lipinski definition) is 5. The first-order valence-corrected chi connectivity index (χ1v) is 9.37. The first kappa shape index (κ1) is 17.3. The van der Waals surface area contributed by atoms with Crippen molar-refractivity contribution in [3.05, 3.63) is 23.3 Å². The molecule has 138 valence electrons. The van der Waals surface area contributed by atoms with Crippen LogP contribution in [0.2, 0.25) is 0 Å². The van der Waals surface area contributed by atoms with Gasteiger partial charge in [0.2, 0.25) is 5.79 Å². The van der Waals surface area contributed by atoms with Crippen LogP contribution >= 0.6 is 0 Å². The van der Waals surface area contributed by atoms with E-state index in [1.807, 2.05) is 19.9 Å². The molecule has 8 unspecified atom stereocenters. The maximum Gasteiger partial charge on any atom is 0.336 e. The fraction of sp³-hybridized carbons (Fsp3) is 0.750. The molecule has 1 saturated carbocycles. The van der Waals surface area contributed by atoms with Crippen molar-refractivity contribution in [1.29, 1.82) is 0 Å². The van der Waals surface area contributed by atoms with E-state index in [1.54, 1.807) is 0 Å². The zero-order valence-corrected chi connectivity index (χ0v) is 15.1. The van der Waals surface area contributed by atoms with Gasteiger partial charge in [0.15, 0.2) is 0 Å². The Bertz CT molecular complexity index is 667. The van der Waals surface area contributed by atoms with E-state index >= 15 is 0 Å². The zero-order chi connectivity index (χ0) is 18.1. The van der Waals surface area contributed by atoms with Crippen molar-refractivity contribution in [3.8, 4) is 0 Å². The first-order valence-electron chi connectivity index (χ1n) is 9.37. The van der Waals surface area contributed by atoms with Gasteiger partial charge in [-0.05, 0) is 42.4 Å². The van der Waals surface area contributed by atoms with Crippen molar-refractivity contribution in [3.63, 3.8) is 0 Å². The Hall–Kier alpha value is -1.17. The van der Waals surface area contributed by atoms with E-state index in [0.717, 1.165) is 12.8 Å². The third-order valence-electron chi connectivity index (χ3n) is 7.46. The van der Waals surface area contributed by atoms with E-state index in [2.05, 4.69) is 13.0 Å². The summed E-state index contributed by atoms with van der Waals surface area (Å²) in [5.41, 5.74) is 1.81. The molecule has 0 aromatic carbocycles. The topological polar surface area (TPSA) is 87.0 Å². The van der Waals surface area contributed by atoms with E-state index in [0.29, 0.717) is 12.0 Å². The monoisotopic (exact) mass is 348 g/mol. The summed E-state index contributed by atoms with van der Waals surface area (Å²) in [6, 6.07) is 0. The summed E-state index contributed by atoms with van der Waals surface area (Å²) >= 11 is 0. The molecule has 1 heterocycles. The quantitative estimate of drug-likeness (QED) is 0.523. The minimum Gasteiger partial charge on any atom is -0.426 e. The van der Waals surface area contributed by atoms with Crippen LogP contribution in [-0.4, -0.2) is 39.8 Å². The summed E-state index contributed by atoms with van der Waals surface area (Å²) in [6.45, 7) is 6.36. The van der Waals surface area contributed by atoms with Crippen molar-refractivity contribution in [2.24, 2.45) is 35.0 Å². The third kappa shape index (κ3) is 2.15. The first-order chi connectivity index (χ1) is 11.7. The van der Waals surface area contributed by atoms with Crippen LogP contribution in [0, 0.1) is 35.0 Å². The van der Waals surface area contributed by atoms with Gasteiger partial charge in [-0.2, -0.15) is 0 Å². The molecule has 2 fully saturated rings. The smallest absolute Gasteiger partial charge is 0.336 e. The number of aliphatic hydroxyl groups is 3. The second kappa shape index (κ2) is 5.41. The van der Waals surface area contributed by atoms with E-state index in [4.69, 9.17) is 4.74 Å². The van der Waals surface area contributed by atoms with Gasteiger partial charge in [0.25, 0.3) is 0 Å². The number of rotatable bonds is 2. The van der Waals surface area contributed by atoms with Crippen LogP contribution in [0.4, 0.5) is 0 Å². The Morgan fingerprint density at radius 2 is 2.12 bits per heavy atom. The lowest BCUT2D eigenvalue weighted by Crippen LogP contribution is -2.43. The maximum absolute atomic E-state index is 12.3. The Morgan fingerprint density at radius 1 is 1.40 bits per heavy atom. The molecule has 8 atom stereocenters. The van der Waals surface area contributed by atoms with Crippen LogP contribution < -0.4 is 0 Å². The fourth-order valence-corrected chi connectivity index (χ4v) is 5.95. The number of esters is 1. The lowest BCUT2D eigenvalue weighted by molar-refractivity contribution is -0.233. The summed E-state index contributed by atoms with van der Waals surface area (Å²) in [4.78, 5) is 12.3. The molecular weight excluding hydrogens is 320 g/mol. The van der Waals surface area contributed by atoms with Crippen molar-refractivity contribution < 1.29 is 24.9 Å². The van der Waals surface area contributed by atoms with Gasteiger partial charge < -0.3 is 20.1 Å². The third-order valence-corrected chi connectivity index (χ3v) is 7.46. The van der Waals surface area contributed by atoms with Gasteiger partial charge in [0.1, 0.15) is 6.10 Å². The van der Waals surface area contributed by atoms with Crippen LogP contribution in [0.1, 0.15) is 40.0 Å². The average Bonchev–Trinajstić information content (AvgIpc) is 3.06. The molecule has 1 aliphatic heterocycles. The fourth-order valence-electron chi connectivity index (χ4n) is 5.95. The summed E-state index contributed by atoms with van der Waals surface area (Å²) in [5, 5.41) is 31.1. The molecule has 0 aromatic heterocycles. The highest BCUT2D eigenvalue weighted by molar-refractivity contribution is 5.92. The normalized spacial score (nSPS) is 49.5. The van der Waals surface area contributed by atoms with Gasteiger partial charge in [-0.25, -0.2) is 4.79 Å². The number of aliphatic hydroxyl groups excluding tert-OH is 2. The highest BCUT2D eigenvalue weighted by Crippen LogP contribution is 2.61. The Morgan fingerprint density at radius 3 is 2.80 bits per heavy atom. The van der Waals surface area contributed by atoms with Crippen LogP contribution in [0.15, 0.2) is 23.3 Å². The molecule has 5 heteroatoms. The summed E-state index contributed by atoms with van der Waals surface area (Å²) in [6.07, 6.45) is 5.60. The van der Waals surface area contributed by atoms with Gasteiger partial charge in [0.05, 0.1) is 5.92 Å². The minimum absolute atomic E-state index is 0.00248. The Kier molecular flexibility index (Phi) is 3.74. The molecule has 4 aliphatic rings. The second-order valence-electron chi connectivity index (χ2n) is 8.88. The summed E-state index contributed by atoms with van der Waals surface area (Å²) in [5.74, 6) is -2.46. The molecule has 4 rings (SSSR count). The predicted octanol–water partition coefficient (Wildman–Crippen LogP) is 1.78. The second-order valence-corrected chi connectivity index (χ2v) is 8.88. The number of ether oxygens (including phenoxy) is 1. The predicted molar refractivity (Wildman–Crippen MR) is 91.1 cm³/mol. The van der Waals surface area contributed by atoms with Crippen LogP contribution in [-0.2, 0) is 9.53 Å². The standard InChI is InChI=1S/C20H28O5/c1-10(9-21)12-6-7-19(3)8-14-11(2)17(22)20(24)16(14)13(18(23)25-20)4-5-15(12)19/h4,6,10-11,14-17,21-22,24H,5,7-9H2,1-3H3. The number of carbonyl (C=O) groups is 1. The molecule has 3 aliphatic carbocycles. The van der Waals surface area contributed by atoms with Crippen molar-refractivity contribution in [2.45, 2.75) is 51.9 Å². The molecule has 5 nitrogen and oxygen atoms in total. The minimum atomic E-state index is -1.77. The van der Waals surface area contributed by atoms with Gasteiger partial charge in [0, 0.05) is 18.1 Å². The molecule has 0 spiro atoms. The van der Waals surface area contributed by atoms with Crippen LogP contribution in [0.5, 0.6) is 0 Å². The number of hydrogen-bond donors (Lipinski definition) is 3. The largest absolute Gasteiger partial charge is 0.426 e. The highest BCUT2D eigenvalue weighted by Gasteiger charge is 2.68. The molecule has 0 radical (unpaired) electrons. The highest BCUT2D eigenvalue weighted by atomic mass is 16.7. The van der Waals surface area contributed by atoms with Crippen molar-refractivity contribution in [1.82, 2.24) is 0 Å². The molecule has 0 aromatic rings. The summed E-state index contributed by atoms with van der Waals surface area (Å²) < 4.78 is 5.27. The lowest BCUT2D eigenvalue weighted by atomic mass is 9.63. The number of carbonyl (C=O) groups excluding carboxylic acids is 1. The molecule has 0 bridgehead atoms. The zero-order valence-electron chi connectivity index (χ0n) is 15.1. The maximum atomic E-state index is 12.3. The van der Waals surface area contributed by atoms with Crippen LogP contribution in [0.3, 0.4) is 0 Å². The molecule has 0 amide bonds. The van der Waals surface area contributed by atoms with E-state index < -0.39 is 23.8 Å². The van der Waals surface area contributed by atoms with Gasteiger partial charge in [-0.15, -0.1) is 0 Å². The molecule has 1 saturated heterocycles. The lowest BCUT2D eigenvalue weighted by Gasteiger charge is -2.40. The number of fused-ring (bicyclic) bond motifs is 1. The van der Waals surface area contributed by atoms with E-state index in [1.165, 1.54) is 5.57 Å². The Balaban J connectivity index is 1.77. The van der Waals surface area contributed by atoms with Gasteiger partial charge in [-0.3, -0.25) is 0 Å². The van der Waals surface area contributed by atoms with Gasteiger partial charge >= 0.3 is 5.97 Å². The van der Waals surface area contributed by atoms with Gasteiger partial charge in [-0.1, -0.05) is 38.5 Å². The average molecular weight is 348 g/mol. The summed E-state index contributed by atoms with van der Waals surface area (Å²) in [7, 11) is 0. The molecule has 25 heavy (non-hydrogen) atoms. The van der Waals surface area contributed by atoms with Crippen molar-refractivity contribution in [2.75, 3.05) is 6.61 Å². The SMILES string of the molecule is CC(CO)C1=CCC2(C)CC3C(C)C(O)C4(O)OC(=O)C(=CCC12)C34. The van der Waals surface area contributed by atoms with E-state index in [-0.39, 0.29) is 35.7 Å². The Labute approximate surface area is 148 Å². The molecular formula is C20H28O5.